The van der Waals surface area contributed by atoms with Gasteiger partial charge in [0.2, 0.25) is 5.91 Å². The number of benzene rings is 2. The van der Waals surface area contributed by atoms with Gasteiger partial charge in [-0.2, -0.15) is 0 Å². The summed E-state index contributed by atoms with van der Waals surface area (Å²) in [5.74, 6) is -0.924. The normalized spacial score (nSPS) is 13.3. The van der Waals surface area contributed by atoms with Crippen molar-refractivity contribution in [2.75, 3.05) is 23.0 Å². The van der Waals surface area contributed by atoms with Gasteiger partial charge in [0.15, 0.2) is 16.4 Å². The highest BCUT2D eigenvalue weighted by Gasteiger charge is 2.25. The number of nitrogens with one attached hydrogen (secondary N) is 2. The molecular weight excluding hydrogens is 404 g/mol. The summed E-state index contributed by atoms with van der Waals surface area (Å²) < 4.78 is 30.6. The lowest BCUT2D eigenvalue weighted by Gasteiger charge is -2.19. The van der Waals surface area contributed by atoms with E-state index < -0.39 is 21.5 Å². The number of fused-ring (bicyclic) bond motifs is 1. The van der Waals surface area contributed by atoms with Gasteiger partial charge in [0.25, 0.3) is 5.91 Å². The van der Waals surface area contributed by atoms with Crippen molar-refractivity contribution in [1.29, 1.82) is 0 Å². The maximum atomic E-state index is 12.7. The zero-order valence-electron chi connectivity index (χ0n) is 15.1. The van der Waals surface area contributed by atoms with Crippen LogP contribution < -0.4 is 15.4 Å². The first kappa shape index (κ1) is 20.2. The van der Waals surface area contributed by atoms with Gasteiger partial charge in [0.1, 0.15) is 5.75 Å². The molecule has 2 aromatic rings. The van der Waals surface area contributed by atoms with Crippen LogP contribution in [0.5, 0.6) is 5.75 Å². The molecule has 0 aliphatic carbocycles. The van der Waals surface area contributed by atoms with E-state index in [4.69, 9.17) is 16.3 Å². The van der Waals surface area contributed by atoms with Crippen LogP contribution in [0.15, 0.2) is 41.3 Å². The van der Waals surface area contributed by atoms with Gasteiger partial charge in [-0.3, -0.25) is 9.59 Å². The van der Waals surface area contributed by atoms with Gasteiger partial charge in [-0.05, 0) is 24.1 Å². The Bertz CT molecular complexity index is 1040. The Balaban J connectivity index is 1.72. The summed E-state index contributed by atoms with van der Waals surface area (Å²) in [7, 11) is -3.83. The standard InChI is InChI=1S/C19H19ClN2O5S/c1-2-12-5-3-4-6-14(12)21-18(23)7-8-28(25,26)17-10-16-15(9-13(17)20)22-19(24)11-27-16/h3-6,9-10H,2,7-8,11H2,1H3,(H,21,23)(H,22,24). The largest absolute Gasteiger partial charge is 0.482 e. The highest BCUT2D eigenvalue weighted by atomic mass is 35.5. The smallest absolute Gasteiger partial charge is 0.262 e. The van der Waals surface area contributed by atoms with Crippen LogP contribution in [0.4, 0.5) is 11.4 Å². The second-order valence-electron chi connectivity index (χ2n) is 6.24. The maximum absolute atomic E-state index is 12.7. The number of hydrogen-bond donors (Lipinski definition) is 2. The molecule has 1 heterocycles. The monoisotopic (exact) mass is 422 g/mol. The molecule has 28 heavy (non-hydrogen) atoms. The number of ether oxygens (including phenoxy) is 1. The molecular formula is C19H19ClN2O5S. The highest BCUT2D eigenvalue weighted by molar-refractivity contribution is 7.91. The first-order chi connectivity index (χ1) is 13.3. The molecule has 2 aromatic carbocycles. The fourth-order valence-corrected chi connectivity index (χ4v) is 4.65. The summed E-state index contributed by atoms with van der Waals surface area (Å²) in [6.07, 6.45) is 0.529. The topological polar surface area (TPSA) is 102 Å². The number of halogens is 1. The summed E-state index contributed by atoms with van der Waals surface area (Å²) in [6.45, 7) is 1.77. The Kier molecular flexibility index (Phi) is 5.90. The minimum Gasteiger partial charge on any atom is -0.482 e. The molecule has 9 heteroatoms. The molecule has 0 bridgehead atoms. The van der Waals surface area contributed by atoms with Crippen molar-refractivity contribution in [1.82, 2.24) is 0 Å². The van der Waals surface area contributed by atoms with E-state index in [0.29, 0.717) is 11.4 Å². The summed E-state index contributed by atoms with van der Waals surface area (Å²) in [5, 5.41) is 5.27. The van der Waals surface area contributed by atoms with E-state index in [2.05, 4.69) is 10.6 Å². The average molecular weight is 423 g/mol. The lowest BCUT2D eigenvalue weighted by Crippen LogP contribution is -2.25. The molecule has 0 radical (unpaired) electrons. The van der Waals surface area contributed by atoms with E-state index in [1.807, 2.05) is 19.1 Å². The molecule has 1 aliphatic heterocycles. The number of amides is 2. The van der Waals surface area contributed by atoms with Crippen molar-refractivity contribution in [2.45, 2.75) is 24.7 Å². The lowest BCUT2D eigenvalue weighted by molar-refractivity contribution is -0.118. The van der Waals surface area contributed by atoms with Gasteiger partial charge in [-0.15, -0.1) is 0 Å². The highest BCUT2D eigenvalue weighted by Crippen LogP contribution is 2.36. The predicted octanol–water partition coefficient (Wildman–Crippen LogP) is 3.04. The Labute approximate surface area is 168 Å². The van der Waals surface area contributed by atoms with Gasteiger partial charge in [-0.25, -0.2) is 8.42 Å². The zero-order valence-corrected chi connectivity index (χ0v) is 16.7. The van der Waals surface area contributed by atoms with Crippen LogP contribution in [0.2, 0.25) is 5.02 Å². The number of carbonyl (C=O) groups is 2. The molecule has 0 saturated heterocycles. The maximum Gasteiger partial charge on any atom is 0.262 e. The van der Waals surface area contributed by atoms with Crippen LogP contribution in [-0.4, -0.2) is 32.6 Å². The second-order valence-corrected chi connectivity index (χ2v) is 8.73. The number of para-hydroxylation sites is 1. The van der Waals surface area contributed by atoms with Crippen molar-refractivity contribution in [2.24, 2.45) is 0 Å². The minimum atomic E-state index is -3.83. The predicted molar refractivity (Wildman–Crippen MR) is 107 cm³/mol. The van der Waals surface area contributed by atoms with Crippen LogP contribution in [0.3, 0.4) is 0 Å². The zero-order chi connectivity index (χ0) is 20.3. The van der Waals surface area contributed by atoms with E-state index in [0.717, 1.165) is 12.0 Å². The van der Waals surface area contributed by atoms with Crippen molar-refractivity contribution >= 4 is 44.6 Å². The quantitative estimate of drug-likeness (QED) is 0.745. The number of sulfone groups is 1. The van der Waals surface area contributed by atoms with Crippen LogP contribution in [-0.2, 0) is 25.8 Å². The van der Waals surface area contributed by atoms with Crippen LogP contribution in [0, 0.1) is 0 Å². The van der Waals surface area contributed by atoms with Crippen LogP contribution in [0.25, 0.3) is 0 Å². The third kappa shape index (κ3) is 4.45. The number of aryl methyl sites for hydroxylation is 1. The van der Waals surface area contributed by atoms with E-state index >= 15 is 0 Å². The molecule has 3 rings (SSSR count). The Morgan fingerprint density at radius 2 is 2.04 bits per heavy atom. The Morgan fingerprint density at radius 1 is 1.29 bits per heavy atom. The van der Waals surface area contributed by atoms with E-state index in [-0.39, 0.29) is 34.6 Å². The molecule has 7 nitrogen and oxygen atoms in total. The molecule has 0 atom stereocenters. The second kappa shape index (κ2) is 8.20. The minimum absolute atomic E-state index is 0.0405. The van der Waals surface area contributed by atoms with E-state index in [1.165, 1.54) is 12.1 Å². The van der Waals surface area contributed by atoms with Gasteiger partial charge in [-0.1, -0.05) is 36.7 Å². The molecule has 2 N–H and O–H groups in total. The number of rotatable bonds is 6. The van der Waals surface area contributed by atoms with Crippen molar-refractivity contribution in [3.8, 4) is 5.75 Å². The summed E-state index contributed by atoms with van der Waals surface area (Å²) in [4.78, 5) is 23.4. The van der Waals surface area contributed by atoms with Crippen LogP contribution in [0.1, 0.15) is 18.9 Å². The molecule has 2 amide bonds. The third-order valence-electron chi connectivity index (χ3n) is 4.27. The van der Waals surface area contributed by atoms with E-state index in [9.17, 15) is 18.0 Å². The van der Waals surface area contributed by atoms with Crippen molar-refractivity contribution < 1.29 is 22.7 Å². The molecule has 0 fully saturated rings. The van der Waals surface area contributed by atoms with Crippen LogP contribution >= 0.6 is 11.6 Å². The molecule has 0 aromatic heterocycles. The Morgan fingerprint density at radius 3 is 2.79 bits per heavy atom. The summed E-state index contributed by atoms with van der Waals surface area (Å²) >= 11 is 6.09. The first-order valence-electron chi connectivity index (χ1n) is 8.67. The lowest BCUT2D eigenvalue weighted by atomic mass is 10.1. The summed E-state index contributed by atoms with van der Waals surface area (Å²) in [5.41, 5.74) is 1.95. The van der Waals surface area contributed by atoms with Crippen molar-refractivity contribution in [3.05, 3.63) is 47.0 Å². The van der Waals surface area contributed by atoms with Gasteiger partial charge >= 0.3 is 0 Å². The molecule has 0 unspecified atom stereocenters. The molecule has 1 aliphatic rings. The van der Waals surface area contributed by atoms with Crippen molar-refractivity contribution in [3.63, 3.8) is 0 Å². The fraction of sp³-hybridized carbons (Fsp3) is 0.263. The van der Waals surface area contributed by atoms with E-state index in [1.54, 1.807) is 12.1 Å². The molecule has 148 valence electrons. The number of carbonyl (C=O) groups excluding carboxylic acids is 2. The van der Waals surface area contributed by atoms with Gasteiger partial charge in [0.05, 0.1) is 21.4 Å². The molecule has 0 saturated carbocycles. The average Bonchev–Trinajstić information content (AvgIpc) is 2.66. The summed E-state index contributed by atoms with van der Waals surface area (Å²) in [6, 6.07) is 9.96. The number of anilines is 2. The Hall–Kier alpha value is -2.58. The first-order valence-corrected chi connectivity index (χ1v) is 10.7. The number of hydrogen-bond acceptors (Lipinski definition) is 5. The molecule has 0 spiro atoms. The SMILES string of the molecule is CCc1ccccc1NC(=O)CCS(=O)(=O)c1cc2c(cc1Cl)NC(=O)CO2. The fourth-order valence-electron chi connectivity index (χ4n) is 2.82. The third-order valence-corrected chi connectivity index (χ3v) is 6.45. The van der Waals surface area contributed by atoms with Gasteiger partial charge in [0, 0.05) is 18.2 Å². The van der Waals surface area contributed by atoms with Gasteiger partial charge < -0.3 is 15.4 Å².